The van der Waals surface area contributed by atoms with Crippen molar-refractivity contribution >= 4 is 16.9 Å². The summed E-state index contributed by atoms with van der Waals surface area (Å²) in [4.78, 5) is 12.2. The summed E-state index contributed by atoms with van der Waals surface area (Å²) < 4.78 is 0. The second-order valence-corrected chi connectivity index (χ2v) is 5.31. The van der Waals surface area contributed by atoms with Crippen LogP contribution >= 0.6 is 0 Å². The van der Waals surface area contributed by atoms with Crippen LogP contribution in [0.3, 0.4) is 0 Å². The number of nitrogens with zero attached hydrogens (tertiary/aromatic N) is 2. The second-order valence-electron chi connectivity index (χ2n) is 5.31. The molecule has 0 aliphatic carbocycles. The van der Waals surface area contributed by atoms with Crippen molar-refractivity contribution in [2.45, 2.75) is 13.8 Å². The molecule has 4 heteroatoms. The van der Waals surface area contributed by atoms with Gasteiger partial charge in [0.2, 0.25) is 5.95 Å². The molecule has 0 unspecified atom stereocenters. The van der Waals surface area contributed by atoms with Gasteiger partial charge in [-0.3, -0.25) is 0 Å². The van der Waals surface area contributed by atoms with E-state index >= 15 is 0 Å². The molecule has 0 fully saturated rings. The number of para-hydroxylation sites is 1. The number of hydrogen-bond acceptors (Lipinski definition) is 3. The van der Waals surface area contributed by atoms with Crippen molar-refractivity contribution in [3.8, 4) is 11.4 Å². The predicted molar refractivity (Wildman–Crippen MR) is 82.7 cm³/mol. The lowest BCUT2D eigenvalue weighted by molar-refractivity contribution is 0.684. The molecule has 2 heterocycles. The zero-order valence-corrected chi connectivity index (χ0v) is 11.7. The Morgan fingerprint density at radius 1 is 1.20 bits per heavy atom. The second kappa shape index (κ2) is 5.33. The first-order valence-corrected chi connectivity index (χ1v) is 6.87. The average Bonchev–Trinajstić information content (AvgIpc) is 2.89. The normalized spacial score (nSPS) is 11.2. The lowest BCUT2D eigenvalue weighted by atomic mass is 10.2. The molecule has 1 aromatic carbocycles. The van der Waals surface area contributed by atoms with Gasteiger partial charge in [0.25, 0.3) is 0 Å². The monoisotopic (exact) mass is 266 g/mol. The van der Waals surface area contributed by atoms with Crippen LogP contribution in [0.1, 0.15) is 13.8 Å². The van der Waals surface area contributed by atoms with E-state index in [2.05, 4.69) is 52.3 Å². The van der Waals surface area contributed by atoms with E-state index < -0.39 is 0 Å². The first-order chi connectivity index (χ1) is 9.72. The Balaban J connectivity index is 1.91. The van der Waals surface area contributed by atoms with Gasteiger partial charge < -0.3 is 10.3 Å². The van der Waals surface area contributed by atoms with E-state index in [1.165, 1.54) is 5.39 Å². The molecular formula is C16H18N4. The highest BCUT2D eigenvalue weighted by Gasteiger charge is 2.06. The zero-order chi connectivity index (χ0) is 13.9. The van der Waals surface area contributed by atoms with Gasteiger partial charge in [0.15, 0.2) is 0 Å². The number of hydrogen-bond donors (Lipinski definition) is 2. The fraction of sp³-hybridized carbons (Fsp3) is 0.250. The van der Waals surface area contributed by atoms with Gasteiger partial charge in [-0.2, -0.15) is 0 Å². The molecule has 0 amide bonds. The highest BCUT2D eigenvalue weighted by Crippen LogP contribution is 2.22. The minimum Gasteiger partial charge on any atom is -0.354 e. The third-order valence-electron chi connectivity index (χ3n) is 3.13. The highest BCUT2D eigenvalue weighted by molar-refractivity contribution is 5.85. The van der Waals surface area contributed by atoms with Crippen molar-refractivity contribution < 1.29 is 0 Å². The van der Waals surface area contributed by atoms with E-state index in [4.69, 9.17) is 0 Å². The molecule has 102 valence electrons. The molecule has 0 saturated heterocycles. The van der Waals surface area contributed by atoms with Crippen molar-refractivity contribution in [3.63, 3.8) is 0 Å². The zero-order valence-electron chi connectivity index (χ0n) is 11.7. The maximum Gasteiger partial charge on any atom is 0.223 e. The Morgan fingerprint density at radius 3 is 2.85 bits per heavy atom. The van der Waals surface area contributed by atoms with Crippen LogP contribution in [0, 0.1) is 5.92 Å². The van der Waals surface area contributed by atoms with E-state index in [9.17, 15) is 0 Å². The Kier molecular flexibility index (Phi) is 3.37. The van der Waals surface area contributed by atoms with Gasteiger partial charge >= 0.3 is 0 Å². The molecule has 0 saturated carbocycles. The van der Waals surface area contributed by atoms with Crippen LogP contribution in [-0.4, -0.2) is 21.5 Å². The molecule has 4 nitrogen and oxygen atoms in total. The van der Waals surface area contributed by atoms with Gasteiger partial charge in [-0.1, -0.05) is 32.0 Å². The number of fused-ring (bicyclic) bond motifs is 1. The summed E-state index contributed by atoms with van der Waals surface area (Å²) in [7, 11) is 0. The Morgan fingerprint density at radius 2 is 2.05 bits per heavy atom. The van der Waals surface area contributed by atoms with Crippen LogP contribution in [0.2, 0.25) is 0 Å². The molecule has 0 bridgehead atoms. The lowest BCUT2D eigenvalue weighted by Crippen LogP contribution is -2.10. The van der Waals surface area contributed by atoms with E-state index in [0.29, 0.717) is 11.9 Å². The summed E-state index contributed by atoms with van der Waals surface area (Å²) in [6.07, 6.45) is 1.79. The summed E-state index contributed by atoms with van der Waals surface area (Å²) in [5.41, 5.74) is 3.04. The van der Waals surface area contributed by atoms with Gasteiger partial charge in [0.1, 0.15) is 0 Å². The number of anilines is 1. The van der Waals surface area contributed by atoms with Crippen LogP contribution in [0.5, 0.6) is 0 Å². The Labute approximate surface area is 118 Å². The maximum absolute atomic E-state index is 4.56. The predicted octanol–water partition coefficient (Wildman–Crippen LogP) is 3.69. The molecule has 2 N–H and O–H groups in total. The minimum atomic E-state index is 0.565. The van der Waals surface area contributed by atoms with E-state index in [0.717, 1.165) is 23.4 Å². The van der Waals surface area contributed by atoms with Crippen LogP contribution < -0.4 is 5.32 Å². The van der Waals surface area contributed by atoms with E-state index in [-0.39, 0.29) is 0 Å². The molecule has 0 aliphatic heterocycles. The quantitative estimate of drug-likeness (QED) is 0.757. The Bertz CT molecular complexity index is 682. The van der Waals surface area contributed by atoms with Gasteiger partial charge in [-0.25, -0.2) is 9.97 Å². The first-order valence-electron chi connectivity index (χ1n) is 6.87. The average molecular weight is 266 g/mol. The fourth-order valence-corrected chi connectivity index (χ4v) is 2.10. The molecule has 2 aromatic heterocycles. The van der Waals surface area contributed by atoms with Crippen LogP contribution in [0.25, 0.3) is 22.3 Å². The molecule has 0 atom stereocenters. The van der Waals surface area contributed by atoms with Crippen molar-refractivity contribution in [2.75, 3.05) is 11.9 Å². The number of aromatic amines is 1. The highest BCUT2D eigenvalue weighted by atomic mass is 15.1. The molecule has 3 aromatic rings. The van der Waals surface area contributed by atoms with Gasteiger partial charge in [-0.05, 0) is 24.1 Å². The molecular weight excluding hydrogens is 248 g/mol. The molecule has 20 heavy (non-hydrogen) atoms. The van der Waals surface area contributed by atoms with Crippen molar-refractivity contribution in [1.82, 2.24) is 15.0 Å². The number of nitrogens with one attached hydrogen (secondary N) is 2. The molecule has 0 aliphatic rings. The summed E-state index contributed by atoms with van der Waals surface area (Å²) in [6.45, 7) is 5.19. The summed E-state index contributed by atoms with van der Waals surface area (Å²) in [5.74, 6) is 1.24. The number of benzene rings is 1. The van der Waals surface area contributed by atoms with Gasteiger partial charge in [0.05, 0.1) is 11.4 Å². The topological polar surface area (TPSA) is 53.6 Å². The lowest BCUT2D eigenvalue weighted by Gasteiger charge is -2.07. The number of aromatic nitrogens is 3. The van der Waals surface area contributed by atoms with Gasteiger partial charge in [0, 0.05) is 23.6 Å². The third-order valence-corrected chi connectivity index (χ3v) is 3.13. The summed E-state index contributed by atoms with van der Waals surface area (Å²) in [5, 5.41) is 4.44. The van der Waals surface area contributed by atoms with E-state index in [1.54, 1.807) is 6.20 Å². The van der Waals surface area contributed by atoms with Crippen molar-refractivity contribution in [3.05, 3.63) is 42.6 Å². The van der Waals surface area contributed by atoms with E-state index in [1.807, 2.05) is 18.2 Å². The van der Waals surface area contributed by atoms with Crippen LogP contribution in [0.15, 0.2) is 42.6 Å². The smallest absolute Gasteiger partial charge is 0.223 e. The third kappa shape index (κ3) is 2.64. The first kappa shape index (κ1) is 12.7. The molecule has 0 radical (unpaired) electrons. The molecule has 3 rings (SSSR count). The largest absolute Gasteiger partial charge is 0.354 e. The van der Waals surface area contributed by atoms with Crippen molar-refractivity contribution in [2.24, 2.45) is 5.92 Å². The Hall–Kier alpha value is -2.36. The van der Waals surface area contributed by atoms with Gasteiger partial charge in [-0.15, -0.1) is 0 Å². The van der Waals surface area contributed by atoms with Crippen molar-refractivity contribution in [1.29, 1.82) is 0 Å². The minimum absolute atomic E-state index is 0.565. The fourth-order valence-electron chi connectivity index (χ4n) is 2.10. The number of rotatable bonds is 4. The summed E-state index contributed by atoms with van der Waals surface area (Å²) in [6, 6.07) is 12.3. The summed E-state index contributed by atoms with van der Waals surface area (Å²) >= 11 is 0. The SMILES string of the molecule is CC(C)CNc1nccc(-c2cc3ccccc3[nH]2)n1. The standard InChI is InChI=1S/C16H18N4/c1-11(2)10-18-16-17-8-7-14(20-16)15-9-12-5-3-4-6-13(12)19-15/h3-9,11,19H,10H2,1-2H3,(H,17,18,20). The number of H-pyrrole nitrogens is 1. The molecule has 0 spiro atoms. The van der Waals surface area contributed by atoms with Crippen LogP contribution in [-0.2, 0) is 0 Å². The van der Waals surface area contributed by atoms with Crippen LogP contribution in [0.4, 0.5) is 5.95 Å². The maximum atomic E-state index is 4.56.